The van der Waals surface area contributed by atoms with Crippen molar-refractivity contribution in [3.8, 4) is 5.75 Å². The summed E-state index contributed by atoms with van der Waals surface area (Å²) in [6.45, 7) is 0.221. The SMILES string of the molecule is COc1ccc(CNC(=O)c2cc(F)ccc2F)cc1. The molecule has 2 aromatic carbocycles. The normalized spacial score (nSPS) is 10.2. The van der Waals surface area contributed by atoms with Crippen molar-refractivity contribution in [1.82, 2.24) is 5.32 Å². The molecule has 0 saturated carbocycles. The van der Waals surface area contributed by atoms with Crippen LogP contribution in [0.3, 0.4) is 0 Å². The summed E-state index contributed by atoms with van der Waals surface area (Å²) in [6.07, 6.45) is 0. The van der Waals surface area contributed by atoms with Crippen LogP contribution in [0.4, 0.5) is 8.78 Å². The second kappa shape index (κ2) is 6.14. The molecule has 5 heteroatoms. The summed E-state index contributed by atoms with van der Waals surface area (Å²) >= 11 is 0. The highest BCUT2D eigenvalue weighted by molar-refractivity contribution is 5.94. The Kier molecular flexibility index (Phi) is 4.30. The van der Waals surface area contributed by atoms with Crippen molar-refractivity contribution in [2.24, 2.45) is 0 Å². The van der Waals surface area contributed by atoms with Gasteiger partial charge in [-0.3, -0.25) is 4.79 Å². The first-order valence-electron chi connectivity index (χ1n) is 5.96. The maximum atomic E-state index is 13.4. The molecule has 2 aromatic rings. The van der Waals surface area contributed by atoms with E-state index in [1.807, 2.05) is 0 Å². The van der Waals surface area contributed by atoms with Crippen LogP contribution < -0.4 is 10.1 Å². The Bertz CT molecular complexity index is 612. The van der Waals surface area contributed by atoms with E-state index in [2.05, 4.69) is 5.32 Å². The molecule has 0 bridgehead atoms. The molecule has 2 rings (SSSR count). The lowest BCUT2D eigenvalue weighted by Crippen LogP contribution is -2.24. The van der Waals surface area contributed by atoms with E-state index in [0.29, 0.717) is 5.75 Å². The molecule has 3 nitrogen and oxygen atoms in total. The fourth-order valence-electron chi connectivity index (χ4n) is 1.69. The van der Waals surface area contributed by atoms with E-state index < -0.39 is 17.5 Å². The summed E-state index contributed by atoms with van der Waals surface area (Å²) in [5.74, 6) is -1.35. The Labute approximate surface area is 115 Å². The number of carbonyl (C=O) groups excluding carboxylic acids is 1. The van der Waals surface area contributed by atoms with Crippen LogP contribution >= 0.6 is 0 Å². The van der Waals surface area contributed by atoms with Gasteiger partial charge in [0.25, 0.3) is 5.91 Å². The third-order valence-electron chi connectivity index (χ3n) is 2.79. The van der Waals surface area contributed by atoms with Gasteiger partial charge >= 0.3 is 0 Å². The van der Waals surface area contributed by atoms with E-state index in [9.17, 15) is 13.6 Å². The Morgan fingerprint density at radius 1 is 1.15 bits per heavy atom. The molecule has 0 aliphatic carbocycles. The number of halogens is 2. The van der Waals surface area contributed by atoms with Gasteiger partial charge in [-0.2, -0.15) is 0 Å². The fourth-order valence-corrected chi connectivity index (χ4v) is 1.69. The minimum absolute atomic E-state index is 0.221. The first-order valence-corrected chi connectivity index (χ1v) is 5.96. The molecule has 0 unspecified atom stereocenters. The van der Waals surface area contributed by atoms with Crippen molar-refractivity contribution < 1.29 is 18.3 Å². The number of methoxy groups -OCH3 is 1. The highest BCUT2D eigenvalue weighted by atomic mass is 19.1. The van der Waals surface area contributed by atoms with Gasteiger partial charge in [0.05, 0.1) is 12.7 Å². The van der Waals surface area contributed by atoms with Gasteiger partial charge in [0.15, 0.2) is 0 Å². The molecular formula is C15H13F2NO2. The molecule has 1 amide bonds. The van der Waals surface area contributed by atoms with Crippen LogP contribution in [0.2, 0.25) is 0 Å². The summed E-state index contributed by atoms with van der Waals surface area (Å²) in [5.41, 5.74) is 0.523. The van der Waals surface area contributed by atoms with Crippen LogP contribution in [-0.4, -0.2) is 13.0 Å². The number of benzene rings is 2. The second-order valence-corrected chi connectivity index (χ2v) is 4.15. The van der Waals surface area contributed by atoms with Gasteiger partial charge in [-0.15, -0.1) is 0 Å². The van der Waals surface area contributed by atoms with Crippen LogP contribution in [0.15, 0.2) is 42.5 Å². The molecule has 1 N–H and O–H groups in total. The number of amides is 1. The highest BCUT2D eigenvalue weighted by Crippen LogP contribution is 2.12. The number of rotatable bonds is 4. The van der Waals surface area contributed by atoms with Crippen molar-refractivity contribution >= 4 is 5.91 Å². The first kappa shape index (κ1) is 14.0. The smallest absolute Gasteiger partial charge is 0.254 e. The third kappa shape index (κ3) is 3.32. The zero-order valence-electron chi connectivity index (χ0n) is 10.8. The third-order valence-corrected chi connectivity index (χ3v) is 2.79. The summed E-state index contributed by atoms with van der Waals surface area (Å²) in [6, 6.07) is 9.84. The molecular weight excluding hydrogens is 264 g/mol. The number of hydrogen-bond acceptors (Lipinski definition) is 2. The van der Waals surface area contributed by atoms with E-state index in [4.69, 9.17) is 4.74 Å². The Morgan fingerprint density at radius 2 is 1.85 bits per heavy atom. The zero-order valence-corrected chi connectivity index (χ0v) is 10.8. The lowest BCUT2D eigenvalue weighted by atomic mass is 10.1. The topological polar surface area (TPSA) is 38.3 Å². The second-order valence-electron chi connectivity index (χ2n) is 4.15. The molecule has 0 aliphatic heterocycles. The average Bonchev–Trinajstić information content (AvgIpc) is 2.47. The van der Waals surface area contributed by atoms with E-state index in [1.165, 1.54) is 0 Å². The van der Waals surface area contributed by atoms with Gasteiger partial charge in [-0.05, 0) is 35.9 Å². The maximum absolute atomic E-state index is 13.4. The van der Waals surface area contributed by atoms with Crippen LogP contribution in [-0.2, 0) is 6.54 Å². The number of nitrogens with one attached hydrogen (secondary N) is 1. The van der Waals surface area contributed by atoms with Gasteiger partial charge in [0.1, 0.15) is 17.4 Å². The quantitative estimate of drug-likeness (QED) is 0.933. The molecule has 0 fully saturated rings. The standard InChI is InChI=1S/C15H13F2NO2/c1-20-12-5-2-10(3-6-12)9-18-15(19)13-8-11(16)4-7-14(13)17/h2-8H,9H2,1H3,(H,18,19). The lowest BCUT2D eigenvalue weighted by Gasteiger charge is -2.07. The number of ether oxygens (including phenoxy) is 1. The van der Waals surface area contributed by atoms with E-state index in [1.54, 1.807) is 31.4 Å². The lowest BCUT2D eigenvalue weighted by molar-refractivity contribution is 0.0946. The minimum atomic E-state index is -0.751. The van der Waals surface area contributed by atoms with Crippen molar-refractivity contribution in [2.75, 3.05) is 7.11 Å². The van der Waals surface area contributed by atoms with Gasteiger partial charge in [0, 0.05) is 6.54 Å². The van der Waals surface area contributed by atoms with Gasteiger partial charge in [-0.25, -0.2) is 8.78 Å². The molecule has 104 valence electrons. The predicted molar refractivity (Wildman–Crippen MR) is 70.5 cm³/mol. The molecule has 0 heterocycles. The minimum Gasteiger partial charge on any atom is -0.497 e. The van der Waals surface area contributed by atoms with Gasteiger partial charge in [0.2, 0.25) is 0 Å². The monoisotopic (exact) mass is 277 g/mol. The van der Waals surface area contributed by atoms with E-state index in [-0.39, 0.29) is 12.1 Å². The maximum Gasteiger partial charge on any atom is 0.254 e. The van der Waals surface area contributed by atoms with Crippen molar-refractivity contribution in [3.05, 3.63) is 65.2 Å². The summed E-state index contributed by atoms with van der Waals surface area (Å²) in [7, 11) is 1.56. The van der Waals surface area contributed by atoms with Crippen molar-refractivity contribution in [1.29, 1.82) is 0 Å². The van der Waals surface area contributed by atoms with E-state index in [0.717, 1.165) is 23.8 Å². The van der Waals surface area contributed by atoms with Crippen LogP contribution in [0.1, 0.15) is 15.9 Å². The zero-order chi connectivity index (χ0) is 14.5. The highest BCUT2D eigenvalue weighted by Gasteiger charge is 2.12. The van der Waals surface area contributed by atoms with Crippen molar-refractivity contribution in [3.63, 3.8) is 0 Å². The largest absolute Gasteiger partial charge is 0.497 e. The molecule has 0 saturated heterocycles. The Morgan fingerprint density at radius 3 is 2.50 bits per heavy atom. The first-order chi connectivity index (χ1) is 9.60. The average molecular weight is 277 g/mol. The predicted octanol–water partition coefficient (Wildman–Crippen LogP) is 2.90. The molecule has 0 aliphatic rings. The van der Waals surface area contributed by atoms with Crippen LogP contribution in [0.25, 0.3) is 0 Å². The molecule has 20 heavy (non-hydrogen) atoms. The number of hydrogen-bond donors (Lipinski definition) is 1. The Hall–Kier alpha value is -2.43. The van der Waals surface area contributed by atoms with Crippen LogP contribution in [0, 0.1) is 11.6 Å². The summed E-state index contributed by atoms with van der Waals surface area (Å²) < 4.78 is 31.4. The Balaban J connectivity index is 2.02. The molecule has 0 atom stereocenters. The molecule has 0 aromatic heterocycles. The fraction of sp³-hybridized carbons (Fsp3) is 0.133. The van der Waals surface area contributed by atoms with Crippen LogP contribution in [0.5, 0.6) is 5.75 Å². The van der Waals surface area contributed by atoms with E-state index >= 15 is 0 Å². The van der Waals surface area contributed by atoms with Gasteiger partial charge in [-0.1, -0.05) is 12.1 Å². The summed E-state index contributed by atoms with van der Waals surface area (Å²) in [4.78, 5) is 11.8. The van der Waals surface area contributed by atoms with Crippen molar-refractivity contribution in [2.45, 2.75) is 6.54 Å². The summed E-state index contributed by atoms with van der Waals surface area (Å²) in [5, 5.41) is 2.53. The van der Waals surface area contributed by atoms with Gasteiger partial charge < -0.3 is 10.1 Å². The molecule has 0 spiro atoms. The molecule has 0 radical (unpaired) electrons. The number of carbonyl (C=O) groups is 1.